The highest BCUT2D eigenvalue weighted by atomic mass is 79.9. The van der Waals surface area contributed by atoms with E-state index in [9.17, 15) is 0 Å². The average molecular weight is 427 g/mol. The number of hydrogen-bond donors (Lipinski definition) is 1. The Bertz CT molecular complexity index is 927. The fourth-order valence-corrected chi connectivity index (χ4v) is 4.97. The van der Waals surface area contributed by atoms with E-state index in [2.05, 4.69) is 108 Å². The monoisotopic (exact) mass is 426 g/mol. The maximum Gasteiger partial charge on any atom is 0.133 e. The number of benzene rings is 2. The Morgan fingerprint density at radius 2 is 2.00 bits per heavy atom. The highest BCUT2D eigenvalue weighted by Crippen LogP contribution is 2.42. The minimum Gasteiger partial charge on any atom is -0.316 e. The molecule has 0 fully saturated rings. The molecule has 0 saturated heterocycles. The second-order valence-corrected chi connectivity index (χ2v) is 9.02. The van der Waals surface area contributed by atoms with E-state index in [1.807, 2.05) is 0 Å². The predicted molar refractivity (Wildman–Crippen MR) is 119 cm³/mol. The van der Waals surface area contributed by atoms with Crippen LogP contribution in [0.2, 0.25) is 0 Å². The third kappa shape index (κ3) is 4.17. The molecule has 0 radical (unpaired) electrons. The third-order valence-corrected chi connectivity index (χ3v) is 5.97. The van der Waals surface area contributed by atoms with Gasteiger partial charge in [0, 0.05) is 15.9 Å². The van der Waals surface area contributed by atoms with Crippen LogP contribution in [0.1, 0.15) is 30.2 Å². The molecule has 0 aliphatic rings. The fourth-order valence-electron chi connectivity index (χ4n) is 3.71. The van der Waals surface area contributed by atoms with E-state index >= 15 is 0 Å². The number of nitrogens with two attached hydrogens (primary N) is 1. The van der Waals surface area contributed by atoms with Crippen LogP contribution in [0, 0.1) is 0 Å². The van der Waals surface area contributed by atoms with Gasteiger partial charge in [0.2, 0.25) is 0 Å². The van der Waals surface area contributed by atoms with Crippen LogP contribution in [0.3, 0.4) is 0 Å². The van der Waals surface area contributed by atoms with Crippen molar-refractivity contribution in [1.29, 1.82) is 0 Å². The molecular formula is C23H25BrNS+. The normalized spacial score (nSPS) is 14.0. The van der Waals surface area contributed by atoms with E-state index in [0.29, 0.717) is 0 Å². The molecule has 2 N–H and O–H groups in total. The quantitative estimate of drug-likeness (QED) is 0.421. The van der Waals surface area contributed by atoms with Gasteiger partial charge in [-0.1, -0.05) is 65.8 Å². The summed E-state index contributed by atoms with van der Waals surface area (Å²) >= 11 is 5.40. The largest absolute Gasteiger partial charge is 0.316 e. The average Bonchev–Trinajstić information content (AvgIpc) is 3.13. The van der Waals surface area contributed by atoms with Gasteiger partial charge in [-0.3, -0.25) is 0 Å². The van der Waals surface area contributed by atoms with Crippen LogP contribution in [0.4, 0.5) is 5.69 Å². The van der Waals surface area contributed by atoms with Gasteiger partial charge in [0.25, 0.3) is 0 Å². The highest BCUT2D eigenvalue weighted by Gasteiger charge is 2.31. The summed E-state index contributed by atoms with van der Waals surface area (Å²) in [6.45, 7) is 6.50. The van der Waals surface area contributed by atoms with Crippen LogP contribution >= 0.6 is 27.3 Å². The van der Waals surface area contributed by atoms with Crippen LogP contribution < -0.4 is 5.32 Å². The van der Waals surface area contributed by atoms with Gasteiger partial charge in [0.15, 0.2) is 0 Å². The molecule has 1 aromatic heterocycles. The maximum atomic E-state index is 4.14. The van der Waals surface area contributed by atoms with Crippen molar-refractivity contribution >= 4 is 49.8 Å². The zero-order chi connectivity index (χ0) is 18.6. The van der Waals surface area contributed by atoms with Crippen molar-refractivity contribution in [2.24, 2.45) is 0 Å². The number of thiophene rings is 1. The zero-order valence-corrected chi connectivity index (χ0v) is 17.7. The molecule has 0 bridgehead atoms. The number of halogens is 1. The van der Waals surface area contributed by atoms with Crippen molar-refractivity contribution in [3.05, 3.63) is 81.5 Å². The number of quaternary nitrogens is 1. The maximum absolute atomic E-state index is 4.14. The predicted octanol–water partition coefficient (Wildman–Crippen LogP) is 6.39. The van der Waals surface area contributed by atoms with Crippen LogP contribution in [0.25, 0.3) is 16.8 Å². The van der Waals surface area contributed by atoms with E-state index in [4.69, 9.17) is 0 Å². The Kier molecular flexibility index (Phi) is 6.13. The Morgan fingerprint density at radius 3 is 2.69 bits per heavy atom. The lowest BCUT2D eigenvalue weighted by molar-refractivity contribution is -0.540. The molecule has 0 saturated carbocycles. The first kappa shape index (κ1) is 19.1. The van der Waals surface area contributed by atoms with Gasteiger partial charge in [-0.05, 0) is 57.8 Å². The SMILES string of the molecule is C=C(Br)CC(C)(C/C=C/c1cccs1)c1c([NH2+]C)ccc2ccccc12. The van der Waals surface area contributed by atoms with Crippen molar-refractivity contribution in [2.75, 3.05) is 7.05 Å². The molecule has 3 heteroatoms. The van der Waals surface area contributed by atoms with Crippen molar-refractivity contribution in [2.45, 2.75) is 25.2 Å². The lowest BCUT2D eigenvalue weighted by Crippen LogP contribution is -2.73. The second kappa shape index (κ2) is 8.34. The minimum absolute atomic E-state index is 0.0307. The second-order valence-electron chi connectivity index (χ2n) is 6.92. The molecule has 0 aliphatic heterocycles. The van der Waals surface area contributed by atoms with Crippen molar-refractivity contribution < 1.29 is 5.32 Å². The van der Waals surface area contributed by atoms with Gasteiger partial charge in [-0.2, -0.15) is 0 Å². The summed E-state index contributed by atoms with van der Waals surface area (Å²) in [5.74, 6) is 0. The lowest BCUT2D eigenvalue weighted by atomic mass is 9.74. The van der Waals surface area contributed by atoms with Crippen LogP contribution in [-0.4, -0.2) is 7.05 Å². The number of fused-ring (bicyclic) bond motifs is 1. The van der Waals surface area contributed by atoms with Gasteiger partial charge < -0.3 is 5.32 Å². The van der Waals surface area contributed by atoms with E-state index in [1.165, 1.54) is 26.9 Å². The topological polar surface area (TPSA) is 16.6 Å². The standard InChI is InChI=1S/C23H24BrNS/c1-17(24)16-23(2,14-6-9-19-10-7-15-26-19)22-20-11-5-4-8-18(20)12-13-21(22)25-3/h4-13,15,25H,1,14,16H2,2-3H3/p+1/b9-6+. The molecule has 0 spiro atoms. The molecule has 0 amide bonds. The van der Waals surface area contributed by atoms with Crippen molar-refractivity contribution in [3.63, 3.8) is 0 Å². The molecular weight excluding hydrogens is 402 g/mol. The summed E-state index contributed by atoms with van der Waals surface area (Å²) < 4.78 is 1.04. The molecule has 1 atom stereocenters. The molecule has 26 heavy (non-hydrogen) atoms. The molecule has 2 aromatic carbocycles. The first-order valence-corrected chi connectivity index (χ1v) is 10.6. The molecule has 134 valence electrons. The van der Waals surface area contributed by atoms with Gasteiger partial charge >= 0.3 is 0 Å². The lowest BCUT2D eigenvalue weighted by Gasteiger charge is -2.31. The van der Waals surface area contributed by atoms with Crippen LogP contribution in [0.15, 0.2) is 71.0 Å². The summed E-state index contributed by atoms with van der Waals surface area (Å²) in [6.07, 6.45) is 6.41. The molecule has 1 unspecified atom stereocenters. The Morgan fingerprint density at radius 1 is 1.19 bits per heavy atom. The van der Waals surface area contributed by atoms with E-state index in [0.717, 1.165) is 17.3 Å². The third-order valence-electron chi connectivity index (χ3n) is 4.85. The summed E-state index contributed by atoms with van der Waals surface area (Å²) in [7, 11) is 2.12. The van der Waals surface area contributed by atoms with E-state index in [-0.39, 0.29) is 5.41 Å². The van der Waals surface area contributed by atoms with Gasteiger partial charge in [-0.15, -0.1) is 11.3 Å². The molecule has 0 aliphatic carbocycles. The highest BCUT2D eigenvalue weighted by molar-refractivity contribution is 9.11. The van der Waals surface area contributed by atoms with Gasteiger partial charge in [0.1, 0.15) is 5.69 Å². The molecule has 1 nitrogen and oxygen atoms in total. The minimum atomic E-state index is -0.0307. The van der Waals surface area contributed by atoms with Crippen LogP contribution in [0.5, 0.6) is 0 Å². The summed E-state index contributed by atoms with van der Waals surface area (Å²) in [6, 6.07) is 17.4. The number of hydrogen-bond acceptors (Lipinski definition) is 1. The van der Waals surface area contributed by atoms with Crippen molar-refractivity contribution in [1.82, 2.24) is 0 Å². The first-order chi connectivity index (χ1) is 12.5. The van der Waals surface area contributed by atoms with Gasteiger partial charge in [-0.25, -0.2) is 0 Å². The Hall–Kier alpha value is -1.68. The molecule has 3 aromatic rings. The first-order valence-electron chi connectivity index (χ1n) is 8.88. The summed E-state index contributed by atoms with van der Waals surface area (Å²) in [5, 5.41) is 6.97. The van der Waals surface area contributed by atoms with Crippen molar-refractivity contribution in [3.8, 4) is 0 Å². The van der Waals surface area contributed by atoms with Gasteiger partial charge in [0.05, 0.1) is 7.05 Å². The summed E-state index contributed by atoms with van der Waals surface area (Å²) in [5.41, 5.74) is 2.69. The molecule has 3 rings (SSSR count). The number of rotatable bonds is 7. The smallest absolute Gasteiger partial charge is 0.133 e. The zero-order valence-electron chi connectivity index (χ0n) is 15.3. The Balaban J connectivity index is 2.09. The molecule has 1 heterocycles. The van der Waals surface area contributed by atoms with E-state index < -0.39 is 0 Å². The summed E-state index contributed by atoms with van der Waals surface area (Å²) in [4.78, 5) is 1.30. The fraction of sp³-hybridized carbons (Fsp3) is 0.217. The van der Waals surface area contributed by atoms with Crippen LogP contribution in [-0.2, 0) is 5.41 Å². The van der Waals surface area contributed by atoms with E-state index in [1.54, 1.807) is 11.3 Å². The number of allylic oxidation sites excluding steroid dienone is 2. The Labute approximate surface area is 168 Å².